The highest BCUT2D eigenvalue weighted by molar-refractivity contribution is 4.76. The molecule has 2 aliphatic carbocycles. The Morgan fingerprint density at radius 3 is 1.93 bits per heavy atom. The first-order valence-electron chi connectivity index (χ1n) is 6.25. The highest BCUT2D eigenvalue weighted by Gasteiger charge is 2.23. The van der Waals surface area contributed by atoms with Gasteiger partial charge in [0, 0.05) is 6.04 Å². The Morgan fingerprint density at radius 2 is 1.29 bits per heavy atom. The Labute approximate surface area is 87.2 Å². The van der Waals surface area contributed by atoms with Crippen LogP contribution in [0.15, 0.2) is 0 Å². The lowest BCUT2D eigenvalue weighted by atomic mass is 9.92. The Kier molecular flexibility index (Phi) is 3.82. The molecule has 2 rings (SSSR count). The minimum atomic E-state index is 0.446. The van der Waals surface area contributed by atoms with Crippen molar-refractivity contribution in [2.75, 3.05) is 0 Å². The number of rotatable bonds is 2. The second-order valence-corrected chi connectivity index (χ2v) is 4.93. The summed E-state index contributed by atoms with van der Waals surface area (Å²) in [7, 11) is 0. The van der Waals surface area contributed by atoms with Crippen molar-refractivity contribution in [3.8, 4) is 0 Å². The molecule has 2 N–H and O–H groups in total. The molecule has 82 valence electrons. The molecule has 0 atom stereocenters. The van der Waals surface area contributed by atoms with E-state index in [0.29, 0.717) is 18.2 Å². The van der Waals surface area contributed by atoms with Crippen LogP contribution in [0.5, 0.6) is 0 Å². The summed E-state index contributed by atoms with van der Waals surface area (Å²) in [5.74, 6) is 0. The Bertz CT molecular complexity index is 158. The van der Waals surface area contributed by atoms with Crippen LogP contribution in [-0.4, -0.2) is 18.2 Å². The van der Waals surface area contributed by atoms with E-state index in [1.54, 1.807) is 0 Å². The monoisotopic (exact) mass is 197 g/mol. The predicted octanol–water partition coefficient (Wildman–Crippen LogP) is 2.61. The van der Waals surface area contributed by atoms with Gasteiger partial charge in [-0.05, 0) is 38.5 Å². The fourth-order valence-electron chi connectivity index (χ4n) is 2.70. The summed E-state index contributed by atoms with van der Waals surface area (Å²) in [5.41, 5.74) is 5.87. The van der Waals surface area contributed by atoms with Crippen molar-refractivity contribution in [2.24, 2.45) is 5.73 Å². The van der Waals surface area contributed by atoms with Gasteiger partial charge in [-0.1, -0.05) is 19.3 Å². The summed E-state index contributed by atoms with van der Waals surface area (Å²) >= 11 is 0. The van der Waals surface area contributed by atoms with Gasteiger partial charge in [-0.25, -0.2) is 0 Å². The average Bonchev–Trinajstić information content (AvgIpc) is 2.23. The maximum atomic E-state index is 6.12. The van der Waals surface area contributed by atoms with Crippen LogP contribution in [0, 0.1) is 0 Å². The van der Waals surface area contributed by atoms with Gasteiger partial charge in [0.1, 0.15) is 0 Å². The maximum Gasteiger partial charge on any atom is 0.0580 e. The first-order valence-corrected chi connectivity index (χ1v) is 6.25. The van der Waals surface area contributed by atoms with Crippen molar-refractivity contribution in [3.63, 3.8) is 0 Å². The van der Waals surface area contributed by atoms with Crippen LogP contribution < -0.4 is 5.73 Å². The molecule has 2 fully saturated rings. The Morgan fingerprint density at radius 1 is 0.714 bits per heavy atom. The summed E-state index contributed by atoms with van der Waals surface area (Å²) < 4.78 is 6.12. The molecule has 0 radical (unpaired) electrons. The zero-order chi connectivity index (χ0) is 9.80. The molecule has 0 spiro atoms. The third kappa shape index (κ3) is 2.96. The molecular weight excluding hydrogens is 174 g/mol. The van der Waals surface area contributed by atoms with E-state index in [0.717, 1.165) is 12.8 Å². The van der Waals surface area contributed by atoms with E-state index in [-0.39, 0.29) is 0 Å². The number of hydrogen-bond acceptors (Lipinski definition) is 2. The minimum absolute atomic E-state index is 0.446. The van der Waals surface area contributed by atoms with Crippen LogP contribution in [0.25, 0.3) is 0 Å². The maximum absolute atomic E-state index is 6.12. The van der Waals surface area contributed by atoms with E-state index in [2.05, 4.69) is 0 Å². The van der Waals surface area contributed by atoms with Gasteiger partial charge in [0.25, 0.3) is 0 Å². The van der Waals surface area contributed by atoms with Crippen molar-refractivity contribution in [1.29, 1.82) is 0 Å². The molecule has 0 saturated heterocycles. The van der Waals surface area contributed by atoms with Crippen molar-refractivity contribution in [2.45, 2.75) is 76.0 Å². The normalized spacial score (nSPS) is 35.8. The SMILES string of the molecule is NC1CCC(OC2CCCCC2)CC1. The van der Waals surface area contributed by atoms with Crippen LogP contribution in [0.2, 0.25) is 0 Å². The van der Waals surface area contributed by atoms with Crippen LogP contribution in [0.3, 0.4) is 0 Å². The van der Waals surface area contributed by atoms with Gasteiger partial charge in [0.2, 0.25) is 0 Å². The summed E-state index contributed by atoms with van der Waals surface area (Å²) in [5, 5.41) is 0. The second-order valence-electron chi connectivity index (χ2n) is 4.93. The summed E-state index contributed by atoms with van der Waals surface area (Å²) in [6.45, 7) is 0. The molecule has 0 bridgehead atoms. The van der Waals surface area contributed by atoms with Crippen LogP contribution in [0.1, 0.15) is 57.8 Å². The van der Waals surface area contributed by atoms with Gasteiger partial charge in [-0.15, -0.1) is 0 Å². The first-order chi connectivity index (χ1) is 6.84. The van der Waals surface area contributed by atoms with E-state index < -0.39 is 0 Å². The molecule has 0 aromatic rings. The highest BCUT2D eigenvalue weighted by Crippen LogP contribution is 2.26. The summed E-state index contributed by atoms with van der Waals surface area (Å²) in [6.07, 6.45) is 12.6. The molecule has 0 amide bonds. The van der Waals surface area contributed by atoms with Gasteiger partial charge < -0.3 is 10.5 Å². The van der Waals surface area contributed by atoms with Crippen molar-refractivity contribution >= 4 is 0 Å². The lowest BCUT2D eigenvalue weighted by Gasteiger charge is -2.31. The zero-order valence-corrected chi connectivity index (χ0v) is 9.08. The van der Waals surface area contributed by atoms with Gasteiger partial charge in [0.15, 0.2) is 0 Å². The lowest BCUT2D eigenvalue weighted by Crippen LogP contribution is -2.33. The molecule has 2 nitrogen and oxygen atoms in total. The summed E-state index contributed by atoms with van der Waals surface area (Å²) in [4.78, 5) is 0. The predicted molar refractivity (Wildman–Crippen MR) is 58.2 cm³/mol. The molecule has 0 aromatic carbocycles. The van der Waals surface area contributed by atoms with Crippen molar-refractivity contribution in [1.82, 2.24) is 0 Å². The molecule has 0 aliphatic heterocycles. The topological polar surface area (TPSA) is 35.2 Å². The van der Waals surface area contributed by atoms with E-state index in [1.165, 1.54) is 44.9 Å². The smallest absolute Gasteiger partial charge is 0.0580 e. The van der Waals surface area contributed by atoms with Gasteiger partial charge in [0.05, 0.1) is 12.2 Å². The Hall–Kier alpha value is -0.0800. The zero-order valence-electron chi connectivity index (χ0n) is 9.08. The van der Waals surface area contributed by atoms with Crippen LogP contribution in [-0.2, 0) is 4.74 Å². The van der Waals surface area contributed by atoms with Crippen LogP contribution in [0.4, 0.5) is 0 Å². The fraction of sp³-hybridized carbons (Fsp3) is 1.00. The molecule has 2 aliphatic rings. The number of ether oxygens (including phenoxy) is 1. The standard InChI is InChI=1S/C12H23NO/c13-10-6-8-12(9-7-10)14-11-4-2-1-3-5-11/h10-12H,1-9,13H2. The van der Waals surface area contributed by atoms with Crippen molar-refractivity contribution in [3.05, 3.63) is 0 Å². The summed E-state index contributed by atoms with van der Waals surface area (Å²) in [6, 6.07) is 0.446. The van der Waals surface area contributed by atoms with E-state index in [4.69, 9.17) is 10.5 Å². The molecule has 0 heterocycles. The molecule has 0 aromatic heterocycles. The van der Waals surface area contributed by atoms with Gasteiger partial charge >= 0.3 is 0 Å². The number of hydrogen-bond donors (Lipinski definition) is 1. The second kappa shape index (κ2) is 5.13. The average molecular weight is 197 g/mol. The van der Waals surface area contributed by atoms with Crippen molar-refractivity contribution < 1.29 is 4.74 Å². The fourth-order valence-corrected chi connectivity index (χ4v) is 2.70. The van der Waals surface area contributed by atoms with E-state index >= 15 is 0 Å². The molecule has 2 heteroatoms. The largest absolute Gasteiger partial charge is 0.375 e. The highest BCUT2D eigenvalue weighted by atomic mass is 16.5. The van der Waals surface area contributed by atoms with Crippen LogP contribution >= 0.6 is 0 Å². The van der Waals surface area contributed by atoms with E-state index in [1.807, 2.05) is 0 Å². The minimum Gasteiger partial charge on any atom is -0.375 e. The Balaban J connectivity index is 1.68. The quantitative estimate of drug-likeness (QED) is 0.738. The van der Waals surface area contributed by atoms with Gasteiger partial charge in [-0.2, -0.15) is 0 Å². The molecule has 0 unspecified atom stereocenters. The lowest BCUT2D eigenvalue weighted by molar-refractivity contribution is -0.0468. The molecule has 2 saturated carbocycles. The molecular formula is C12H23NO. The number of nitrogens with two attached hydrogens (primary N) is 1. The third-order valence-electron chi connectivity index (χ3n) is 3.66. The third-order valence-corrected chi connectivity index (χ3v) is 3.66. The van der Waals surface area contributed by atoms with E-state index in [9.17, 15) is 0 Å². The first kappa shape index (κ1) is 10.4. The van der Waals surface area contributed by atoms with Gasteiger partial charge in [-0.3, -0.25) is 0 Å². The molecule has 14 heavy (non-hydrogen) atoms.